The molecule has 20 heavy (non-hydrogen) atoms. The van der Waals surface area contributed by atoms with Gasteiger partial charge in [0.2, 0.25) is 12.3 Å². The van der Waals surface area contributed by atoms with E-state index in [9.17, 15) is 20.0 Å². The van der Waals surface area contributed by atoms with Crippen LogP contribution in [-0.4, -0.2) is 28.5 Å². The molecular weight excluding hydrogens is 288 g/mol. The van der Waals surface area contributed by atoms with E-state index in [1.54, 1.807) is 24.3 Å². The molecule has 1 amide bonds. The Bertz CT molecular complexity index is 501. The standard InChI is InChI=1S/C12H15ClN2O5/c1-12(2,17)20-11(16)14-10(7-15(18)19)8-5-3-4-6-9(8)13/h3-6,10,17H,7H2,1-2H3,(H,14,16). The lowest BCUT2D eigenvalue weighted by atomic mass is 10.1. The minimum atomic E-state index is -1.68. The first-order chi connectivity index (χ1) is 9.19. The molecule has 0 radical (unpaired) electrons. The molecule has 0 bridgehead atoms. The Labute approximate surface area is 120 Å². The van der Waals surface area contributed by atoms with Crippen molar-refractivity contribution in [1.29, 1.82) is 0 Å². The summed E-state index contributed by atoms with van der Waals surface area (Å²) in [5.41, 5.74) is 0.401. The highest BCUT2D eigenvalue weighted by atomic mass is 35.5. The van der Waals surface area contributed by atoms with Crippen molar-refractivity contribution in [1.82, 2.24) is 5.32 Å². The van der Waals surface area contributed by atoms with Crippen molar-refractivity contribution in [2.75, 3.05) is 6.54 Å². The molecule has 0 saturated carbocycles. The van der Waals surface area contributed by atoms with Gasteiger partial charge in [-0.2, -0.15) is 0 Å². The monoisotopic (exact) mass is 302 g/mol. The van der Waals surface area contributed by atoms with Gasteiger partial charge < -0.3 is 15.2 Å². The maximum absolute atomic E-state index is 11.6. The number of nitrogens with zero attached hydrogens (tertiary/aromatic N) is 1. The zero-order valence-corrected chi connectivity index (χ0v) is 11.8. The molecule has 0 heterocycles. The zero-order chi connectivity index (χ0) is 15.3. The minimum absolute atomic E-state index is 0.294. The summed E-state index contributed by atoms with van der Waals surface area (Å²) in [6.07, 6.45) is -0.968. The Hall–Kier alpha value is -1.86. The molecular formula is C12H15ClN2O5. The largest absolute Gasteiger partial charge is 0.418 e. The SMILES string of the molecule is CC(C)(O)OC(=O)NC(C[N+](=O)[O-])c1ccccc1Cl. The Morgan fingerprint density at radius 1 is 1.55 bits per heavy atom. The molecule has 1 atom stereocenters. The first-order valence-corrected chi connectivity index (χ1v) is 6.15. The number of amides is 1. The van der Waals surface area contributed by atoms with Crippen LogP contribution < -0.4 is 5.32 Å². The van der Waals surface area contributed by atoms with Crippen LogP contribution in [0.25, 0.3) is 0 Å². The molecule has 110 valence electrons. The summed E-state index contributed by atoms with van der Waals surface area (Å²) in [4.78, 5) is 21.7. The summed E-state index contributed by atoms with van der Waals surface area (Å²) in [5, 5.41) is 22.7. The number of nitrogens with one attached hydrogen (secondary N) is 1. The fourth-order valence-electron chi connectivity index (χ4n) is 1.53. The molecule has 1 rings (SSSR count). The molecule has 0 saturated heterocycles. The highest BCUT2D eigenvalue weighted by molar-refractivity contribution is 6.31. The smallest absolute Gasteiger partial charge is 0.410 e. The number of alkyl carbamates (subject to hydrolysis) is 1. The lowest BCUT2D eigenvalue weighted by Crippen LogP contribution is -2.38. The molecule has 1 aromatic rings. The predicted octanol–water partition coefficient (Wildman–Crippen LogP) is 2.11. The van der Waals surface area contributed by atoms with Gasteiger partial charge in [0, 0.05) is 23.8 Å². The number of aliphatic hydroxyl groups is 1. The van der Waals surface area contributed by atoms with E-state index in [4.69, 9.17) is 11.6 Å². The van der Waals surface area contributed by atoms with Crippen LogP contribution in [0.2, 0.25) is 5.02 Å². The van der Waals surface area contributed by atoms with Crippen molar-refractivity contribution in [2.45, 2.75) is 25.7 Å². The number of carbonyl (C=O) groups excluding carboxylic acids is 1. The molecule has 1 aromatic carbocycles. The molecule has 7 nitrogen and oxygen atoms in total. The second kappa shape index (κ2) is 6.53. The van der Waals surface area contributed by atoms with Gasteiger partial charge in [-0.15, -0.1) is 0 Å². The van der Waals surface area contributed by atoms with Crippen molar-refractivity contribution in [3.63, 3.8) is 0 Å². The van der Waals surface area contributed by atoms with Crippen molar-refractivity contribution in [3.8, 4) is 0 Å². The van der Waals surface area contributed by atoms with Crippen LogP contribution in [0.1, 0.15) is 25.5 Å². The summed E-state index contributed by atoms with van der Waals surface area (Å²) in [5.74, 6) is -1.68. The number of carbonyl (C=O) groups is 1. The average Bonchev–Trinajstić information content (AvgIpc) is 2.25. The topological polar surface area (TPSA) is 102 Å². The third-order valence-electron chi connectivity index (χ3n) is 2.25. The van der Waals surface area contributed by atoms with Crippen LogP contribution in [0, 0.1) is 10.1 Å². The molecule has 2 N–H and O–H groups in total. The highest BCUT2D eigenvalue weighted by Gasteiger charge is 2.26. The van der Waals surface area contributed by atoms with Crippen molar-refractivity contribution in [2.24, 2.45) is 0 Å². The molecule has 8 heteroatoms. The number of hydrogen-bond acceptors (Lipinski definition) is 5. The number of ether oxygens (including phenoxy) is 1. The first kappa shape index (κ1) is 16.2. The second-order valence-electron chi connectivity index (χ2n) is 4.57. The predicted molar refractivity (Wildman–Crippen MR) is 72.0 cm³/mol. The van der Waals surface area contributed by atoms with Gasteiger partial charge in [0.05, 0.1) is 0 Å². The van der Waals surface area contributed by atoms with Gasteiger partial charge in [-0.05, 0) is 11.6 Å². The van der Waals surface area contributed by atoms with E-state index >= 15 is 0 Å². The summed E-state index contributed by atoms with van der Waals surface area (Å²) < 4.78 is 4.65. The van der Waals surface area contributed by atoms with Crippen LogP contribution in [0.5, 0.6) is 0 Å². The number of nitro groups is 1. The maximum Gasteiger partial charge on any atom is 0.410 e. The van der Waals surface area contributed by atoms with Crippen LogP contribution >= 0.6 is 11.6 Å². The lowest BCUT2D eigenvalue weighted by Gasteiger charge is -2.21. The van der Waals surface area contributed by atoms with Gasteiger partial charge in [0.15, 0.2) is 0 Å². The van der Waals surface area contributed by atoms with E-state index in [0.717, 1.165) is 0 Å². The number of hydrogen-bond donors (Lipinski definition) is 2. The third-order valence-corrected chi connectivity index (χ3v) is 2.59. The van der Waals surface area contributed by atoms with Gasteiger partial charge in [-0.1, -0.05) is 29.8 Å². The second-order valence-corrected chi connectivity index (χ2v) is 4.98. The average molecular weight is 303 g/mol. The summed E-state index contributed by atoms with van der Waals surface area (Å²) in [7, 11) is 0. The third kappa shape index (κ3) is 5.41. The van der Waals surface area contributed by atoms with E-state index in [1.165, 1.54) is 13.8 Å². The van der Waals surface area contributed by atoms with E-state index in [2.05, 4.69) is 10.1 Å². The summed E-state index contributed by atoms with van der Waals surface area (Å²) in [6.45, 7) is 1.99. The number of rotatable bonds is 5. The van der Waals surface area contributed by atoms with Gasteiger partial charge in [-0.3, -0.25) is 10.1 Å². The minimum Gasteiger partial charge on any atom is -0.418 e. The quantitative estimate of drug-likeness (QED) is 0.493. The molecule has 0 aliphatic rings. The van der Waals surface area contributed by atoms with Crippen molar-refractivity contribution < 1.29 is 19.6 Å². The number of halogens is 1. The van der Waals surface area contributed by atoms with E-state index in [0.29, 0.717) is 10.6 Å². The summed E-state index contributed by atoms with van der Waals surface area (Å²) in [6, 6.07) is 5.50. The van der Waals surface area contributed by atoms with Crippen LogP contribution in [0.3, 0.4) is 0 Å². The Kier molecular flexibility index (Phi) is 5.29. The van der Waals surface area contributed by atoms with Gasteiger partial charge >= 0.3 is 6.09 Å². The molecule has 0 spiro atoms. The maximum atomic E-state index is 11.6. The van der Waals surface area contributed by atoms with E-state index in [1.807, 2.05) is 0 Å². The van der Waals surface area contributed by atoms with E-state index < -0.39 is 29.4 Å². The fourth-order valence-corrected chi connectivity index (χ4v) is 1.79. The zero-order valence-electron chi connectivity index (χ0n) is 11.0. The highest BCUT2D eigenvalue weighted by Crippen LogP contribution is 2.23. The fraction of sp³-hybridized carbons (Fsp3) is 0.417. The van der Waals surface area contributed by atoms with Crippen LogP contribution in [0.4, 0.5) is 4.79 Å². The summed E-state index contributed by atoms with van der Waals surface area (Å²) >= 11 is 5.95. The molecule has 1 unspecified atom stereocenters. The van der Waals surface area contributed by atoms with Gasteiger partial charge in [0.25, 0.3) is 0 Å². The Balaban J connectivity index is 2.88. The lowest BCUT2D eigenvalue weighted by molar-refractivity contribution is -0.484. The van der Waals surface area contributed by atoms with Gasteiger partial charge in [-0.25, -0.2) is 4.79 Å². The molecule has 0 fully saturated rings. The first-order valence-electron chi connectivity index (χ1n) is 5.77. The van der Waals surface area contributed by atoms with Crippen molar-refractivity contribution in [3.05, 3.63) is 45.0 Å². The van der Waals surface area contributed by atoms with Crippen LogP contribution in [-0.2, 0) is 4.74 Å². The molecule has 0 aliphatic carbocycles. The van der Waals surface area contributed by atoms with Crippen molar-refractivity contribution >= 4 is 17.7 Å². The number of benzene rings is 1. The van der Waals surface area contributed by atoms with E-state index in [-0.39, 0.29) is 0 Å². The van der Waals surface area contributed by atoms with Gasteiger partial charge in [0.1, 0.15) is 6.04 Å². The molecule has 0 aliphatic heterocycles. The Morgan fingerprint density at radius 2 is 2.15 bits per heavy atom. The van der Waals surface area contributed by atoms with Crippen LogP contribution in [0.15, 0.2) is 24.3 Å². The normalized spacial score (nSPS) is 12.6. The molecule has 0 aromatic heterocycles. The Morgan fingerprint density at radius 3 is 2.65 bits per heavy atom.